The van der Waals surface area contributed by atoms with Gasteiger partial charge in [0, 0.05) is 48.2 Å². The number of hydrogen-bond donors (Lipinski definition) is 1. The molecule has 9 aromatic carbocycles. The molecule has 1 aliphatic rings. The summed E-state index contributed by atoms with van der Waals surface area (Å²) in [6.07, 6.45) is 0. The summed E-state index contributed by atoms with van der Waals surface area (Å²) in [5, 5.41) is 16.5. The molecule has 1 atom stereocenters. The first-order chi connectivity index (χ1) is 28.7. The van der Waals surface area contributed by atoms with E-state index in [2.05, 4.69) is 217 Å². The highest BCUT2D eigenvalue weighted by molar-refractivity contribution is 7.26. The maximum atomic E-state index is 14.0. The summed E-state index contributed by atoms with van der Waals surface area (Å²) in [6.45, 7) is 0. The predicted octanol–water partition coefficient (Wildman–Crippen LogP) is 14.8. The molecule has 0 fully saturated rings. The lowest BCUT2D eigenvalue weighted by Crippen LogP contribution is -2.29. The smallest absolute Gasteiger partial charge is 0.144 e. The molecule has 3 heteroatoms. The van der Waals surface area contributed by atoms with E-state index in [1.807, 2.05) is 17.4 Å². The zero-order valence-corrected chi connectivity index (χ0v) is 32.4. The van der Waals surface area contributed by atoms with E-state index < -0.39 is 5.60 Å². The lowest BCUT2D eigenvalue weighted by atomic mass is 9.79. The molecule has 2 nitrogen and oxygen atoms in total. The van der Waals surface area contributed by atoms with Crippen LogP contribution in [-0.4, -0.2) is 5.11 Å². The highest BCUT2D eigenvalue weighted by Gasteiger charge is 2.47. The standard InChI is InChI=1S/C55H37NOS/c57-55(50-26-11-8-20-44(50)47-23-13-24-48-45-21-9-12-28-52(45)58-54(47)48)49-25-10-7-19-43(49)46-22-14-27-51(53(46)55)56(41-33-29-39(30-34-41)37-15-3-1-4-16-37)42-35-31-40(32-36-42)38-17-5-2-6-18-38/h1-36,57H. The number of nitrogens with zero attached hydrogens (tertiary/aromatic N) is 1. The Bertz CT molecular complexity index is 3030. The van der Waals surface area contributed by atoms with Gasteiger partial charge >= 0.3 is 0 Å². The molecule has 1 unspecified atom stereocenters. The minimum absolute atomic E-state index is 0.859. The van der Waals surface area contributed by atoms with Crippen molar-refractivity contribution in [2.24, 2.45) is 0 Å². The molecule has 0 radical (unpaired) electrons. The molecule has 58 heavy (non-hydrogen) atoms. The average Bonchev–Trinajstić information content (AvgIpc) is 3.81. The fraction of sp³-hybridized carbons (Fsp3) is 0.0182. The Balaban J connectivity index is 1.15. The largest absolute Gasteiger partial charge is 0.376 e. The van der Waals surface area contributed by atoms with Crippen LogP contribution >= 0.6 is 11.3 Å². The molecular weight excluding hydrogens is 723 g/mol. The minimum Gasteiger partial charge on any atom is -0.376 e. The number of thiophene rings is 1. The second kappa shape index (κ2) is 13.9. The van der Waals surface area contributed by atoms with Gasteiger partial charge in [-0.15, -0.1) is 11.3 Å². The van der Waals surface area contributed by atoms with E-state index >= 15 is 0 Å². The summed E-state index contributed by atoms with van der Waals surface area (Å²) < 4.78 is 2.48. The predicted molar refractivity (Wildman–Crippen MR) is 244 cm³/mol. The molecule has 0 spiro atoms. The Kier molecular flexibility index (Phi) is 8.18. The van der Waals surface area contributed by atoms with Crippen LogP contribution in [0, 0.1) is 0 Å². The molecule has 11 rings (SSSR count). The number of rotatable bonds is 7. The monoisotopic (exact) mass is 759 g/mol. The van der Waals surface area contributed by atoms with Crippen LogP contribution in [-0.2, 0) is 5.60 Å². The molecular formula is C55H37NOS. The minimum atomic E-state index is -1.48. The molecule has 1 N–H and O–H groups in total. The van der Waals surface area contributed by atoms with Gasteiger partial charge in [0.25, 0.3) is 0 Å². The molecule has 1 heterocycles. The quantitative estimate of drug-likeness (QED) is 0.175. The van der Waals surface area contributed by atoms with Crippen molar-refractivity contribution >= 4 is 48.6 Å². The Morgan fingerprint density at radius 3 is 1.43 bits per heavy atom. The van der Waals surface area contributed by atoms with Crippen LogP contribution in [0.15, 0.2) is 218 Å². The summed E-state index contributed by atoms with van der Waals surface area (Å²) in [6, 6.07) is 77.1. The molecule has 0 saturated carbocycles. The van der Waals surface area contributed by atoms with Crippen molar-refractivity contribution in [2.45, 2.75) is 5.60 Å². The van der Waals surface area contributed by atoms with Crippen molar-refractivity contribution in [2.75, 3.05) is 4.90 Å². The van der Waals surface area contributed by atoms with Gasteiger partial charge in [-0.3, -0.25) is 0 Å². The summed E-state index contributed by atoms with van der Waals surface area (Å²) in [5.74, 6) is 0. The first-order valence-corrected chi connectivity index (χ1v) is 20.6. The maximum Gasteiger partial charge on any atom is 0.144 e. The van der Waals surface area contributed by atoms with Crippen LogP contribution in [0.2, 0.25) is 0 Å². The molecule has 1 aliphatic carbocycles. The van der Waals surface area contributed by atoms with Crippen molar-refractivity contribution in [1.82, 2.24) is 0 Å². The highest BCUT2D eigenvalue weighted by Crippen LogP contribution is 2.58. The van der Waals surface area contributed by atoms with Crippen LogP contribution in [0.3, 0.4) is 0 Å². The first kappa shape index (κ1) is 34.2. The molecule has 0 aliphatic heterocycles. The van der Waals surface area contributed by atoms with Gasteiger partial charge in [0.05, 0.1) is 5.69 Å². The van der Waals surface area contributed by atoms with Crippen LogP contribution in [0.25, 0.3) is 64.7 Å². The number of fused-ring (bicyclic) bond motifs is 6. The molecule has 0 saturated heterocycles. The molecule has 274 valence electrons. The molecule has 10 aromatic rings. The Labute approximate surface area is 342 Å². The van der Waals surface area contributed by atoms with Gasteiger partial charge in [-0.2, -0.15) is 0 Å². The Hall–Kier alpha value is -7.04. The summed E-state index contributed by atoms with van der Waals surface area (Å²) in [4.78, 5) is 2.31. The SMILES string of the molecule is OC1(c2ccccc2-c2cccc3c2sc2ccccc23)c2ccccc2-c2cccc(N(c3ccc(-c4ccccc4)cc3)c3ccc(-c4ccccc4)cc3)c21. The third kappa shape index (κ3) is 5.43. The van der Waals surface area contributed by atoms with Gasteiger partial charge in [0.2, 0.25) is 0 Å². The number of anilines is 3. The summed E-state index contributed by atoms with van der Waals surface area (Å²) in [5.41, 5.74) is 12.9. The zero-order valence-electron chi connectivity index (χ0n) is 31.6. The van der Waals surface area contributed by atoms with E-state index in [4.69, 9.17) is 0 Å². The van der Waals surface area contributed by atoms with E-state index in [1.54, 1.807) is 0 Å². The van der Waals surface area contributed by atoms with Crippen LogP contribution < -0.4 is 4.90 Å². The fourth-order valence-electron chi connectivity index (χ4n) is 9.07. The third-order valence-corrected chi connectivity index (χ3v) is 12.9. The molecule has 0 amide bonds. The second-order valence-corrected chi connectivity index (χ2v) is 16.0. The fourth-order valence-corrected chi connectivity index (χ4v) is 10.3. The topological polar surface area (TPSA) is 23.5 Å². The number of aliphatic hydroxyl groups is 1. The van der Waals surface area contributed by atoms with Gasteiger partial charge in [-0.1, -0.05) is 182 Å². The maximum absolute atomic E-state index is 14.0. The van der Waals surface area contributed by atoms with E-state index in [1.165, 1.54) is 31.3 Å². The zero-order chi connectivity index (χ0) is 38.6. The van der Waals surface area contributed by atoms with Crippen molar-refractivity contribution in [1.29, 1.82) is 0 Å². The van der Waals surface area contributed by atoms with E-state index in [0.29, 0.717) is 0 Å². The van der Waals surface area contributed by atoms with Crippen LogP contribution in [0.5, 0.6) is 0 Å². The lowest BCUT2D eigenvalue weighted by Gasteiger charge is -2.34. The Morgan fingerprint density at radius 1 is 0.362 bits per heavy atom. The number of benzene rings is 9. The highest BCUT2D eigenvalue weighted by atomic mass is 32.1. The molecule has 1 aromatic heterocycles. The first-order valence-electron chi connectivity index (χ1n) is 19.7. The molecule has 0 bridgehead atoms. The normalized spacial score (nSPS) is 14.4. The van der Waals surface area contributed by atoms with Gasteiger partial charge in [-0.05, 0) is 80.9 Å². The van der Waals surface area contributed by atoms with Crippen molar-refractivity contribution < 1.29 is 5.11 Å². The van der Waals surface area contributed by atoms with E-state index in [0.717, 1.165) is 67.1 Å². The van der Waals surface area contributed by atoms with Crippen molar-refractivity contribution in [3.8, 4) is 44.5 Å². The lowest BCUT2D eigenvalue weighted by molar-refractivity contribution is 0.132. The summed E-state index contributed by atoms with van der Waals surface area (Å²) >= 11 is 1.82. The van der Waals surface area contributed by atoms with Gasteiger partial charge < -0.3 is 10.0 Å². The van der Waals surface area contributed by atoms with Crippen molar-refractivity contribution in [3.05, 3.63) is 235 Å². The summed E-state index contributed by atoms with van der Waals surface area (Å²) in [7, 11) is 0. The third-order valence-electron chi connectivity index (χ3n) is 11.7. The average molecular weight is 760 g/mol. The van der Waals surface area contributed by atoms with Gasteiger partial charge in [0.15, 0.2) is 0 Å². The van der Waals surface area contributed by atoms with Crippen LogP contribution in [0.1, 0.15) is 16.7 Å². The van der Waals surface area contributed by atoms with E-state index in [9.17, 15) is 5.11 Å². The van der Waals surface area contributed by atoms with Crippen LogP contribution in [0.4, 0.5) is 17.1 Å². The van der Waals surface area contributed by atoms with Gasteiger partial charge in [0.1, 0.15) is 5.60 Å². The van der Waals surface area contributed by atoms with Crippen molar-refractivity contribution in [3.63, 3.8) is 0 Å². The second-order valence-electron chi connectivity index (χ2n) is 14.9. The van der Waals surface area contributed by atoms with Gasteiger partial charge in [-0.25, -0.2) is 0 Å². The Morgan fingerprint density at radius 2 is 0.810 bits per heavy atom. The number of hydrogen-bond acceptors (Lipinski definition) is 3. The van der Waals surface area contributed by atoms with E-state index in [-0.39, 0.29) is 0 Å².